The first-order chi connectivity index (χ1) is 13.3. The van der Waals surface area contributed by atoms with Crippen LogP contribution < -0.4 is 16.7 Å². The zero-order valence-electron chi connectivity index (χ0n) is 16.4. The van der Waals surface area contributed by atoms with Crippen molar-refractivity contribution in [1.29, 1.82) is 0 Å². The van der Waals surface area contributed by atoms with Crippen LogP contribution in [0.1, 0.15) is 32.8 Å². The fourth-order valence-electron chi connectivity index (χ4n) is 2.90. The maximum Gasteiger partial charge on any atom is 0.329 e. The number of phenolic OH excluding ortho intramolecular Hbond substituents is 1. The molecule has 0 fully saturated rings. The fourth-order valence-corrected chi connectivity index (χ4v) is 2.90. The van der Waals surface area contributed by atoms with Gasteiger partial charge in [0, 0.05) is 19.2 Å². The topological polar surface area (TPSA) is 117 Å². The van der Waals surface area contributed by atoms with Gasteiger partial charge in [0.1, 0.15) is 5.75 Å². The van der Waals surface area contributed by atoms with Gasteiger partial charge in [0.25, 0.3) is 5.56 Å². The number of nitrogens with zero attached hydrogens (tertiary/aromatic N) is 4. The van der Waals surface area contributed by atoms with E-state index in [1.807, 2.05) is 0 Å². The van der Waals surface area contributed by atoms with Gasteiger partial charge < -0.3 is 9.67 Å². The van der Waals surface area contributed by atoms with Crippen LogP contribution in [-0.2, 0) is 13.6 Å². The minimum Gasteiger partial charge on any atom is -0.507 e. The SMILES string of the molecule is CC(=NNc1nc2c(c(=O)[nH]c(=O)n2C)n1CCC(C)C)c1ccccc1O. The number of nitrogens with one attached hydrogen (secondary N) is 2. The lowest BCUT2D eigenvalue weighted by Crippen LogP contribution is -2.29. The van der Waals surface area contributed by atoms with Gasteiger partial charge >= 0.3 is 5.69 Å². The van der Waals surface area contributed by atoms with E-state index in [2.05, 4.69) is 34.3 Å². The van der Waals surface area contributed by atoms with Gasteiger partial charge in [-0.25, -0.2) is 10.2 Å². The number of hydrogen-bond donors (Lipinski definition) is 3. The van der Waals surface area contributed by atoms with Crippen LogP contribution >= 0.6 is 0 Å². The Morgan fingerprint density at radius 3 is 2.71 bits per heavy atom. The molecule has 0 aliphatic carbocycles. The number of rotatable bonds is 6. The Balaban J connectivity index is 2.08. The van der Waals surface area contributed by atoms with Gasteiger partial charge in [-0.1, -0.05) is 26.0 Å². The summed E-state index contributed by atoms with van der Waals surface area (Å²) in [6, 6.07) is 6.88. The molecule has 0 saturated carbocycles. The third-order valence-electron chi connectivity index (χ3n) is 4.55. The number of hydrazone groups is 1. The van der Waals surface area contributed by atoms with Crippen LogP contribution in [0.4, 0.5) is 5.95 Å². The molecule has 3 rings (SSSR count). The first-order valence-corrected chi connectivity index (χ1v) is 9.07. The minimum absolute atomic E-state index is 0.123. The third kappa shape index (κ3) is 3.68. The normalized spacial score (nSPS) is 12.1. The number of H-pyrrole nitrogens is 1. The van der Waals surface area contributed by atoms with Crippen molar-refractivity contribution in [3.05, 3.63) is 50.7 Å². The minimum atomic E-state index is -0.522. The number of imidazole rings is 1. The van der Waals surface area contributed by atoms with E-state index in [0.717, 1.165) is 6.42 Å². The zero-order valence-corrected chi connectivity index (χ0v) is 16.4. The summed E-state index contributed by atoms with van der Waals surface area (Å²) >= 11 is 0. The number of anilines is 1. The van der Waals surface area contributed by atoms with Crippen LogP contribution in [-0.4, -0.2) is 29.9 Å². The highest BCUT2D eigenvalue weighted by Gasteiger charge is 2.17. The number of phenols is 1. The van der Waals surface area contributed by atoms with Gasteiger partial charge in [-0.3, -0.25) is 14.3 Å². The van der Waals surface area contributed by atoms with Crippen LogP contribution in [0.3, 0.4) is 0 Å². The van der Waals surface area contributed by atoms with Crippen molar-refractivity contribution < 1.29 is 5.11 Å². The first-order valence-electron chi connectivity index (χ1n) is 9.07. The van der Waals surface area contributed by atoms with Crippen LogP contribution in [0.2, 0.25) is 0 Å². The molecule has 3 aromatic rings. The number of hydrogen-bond acceptors (Lipinski definition) is 6. The highest BCUT2D eigenvalue weighted by Crippen LogP contribution is 2.19. The molecular weight excluding hydrogens is 360 g/mol. The number of para-hydroxylation sites is 1. The molecule has 0 spiro atoms. The van der Waals surface area contributed by atoms with E-state index in [0.29, 0.717) is 35.2 Å². The molecule has 0 amide bonds. The molecule has 0 atom stereocenters. The van der Waals surface area contributed by atoms with E-state index in [1.165, 1.54) is 4.57 Å². The highest BCUT2D eigenvalue weighted by molar-refractivity contribution is 6.01. The average molecular weight is 384 g/mol. The first kappa shape index (κ1) is 19.4. The van der Waals surface area contributed by atoms with Gasteiger partial charge in [-0.05, 0) is 31.4 Å². The van der Waals surface area contributed by atoms with Gasteiger partial charge in [-0.2, -0.15) is 10.1 Å². The monoisotopic (exact) mass is 384 g/mol. The van der Waals surface area contributed by atoms with E-state index < -0.39 is 11.2 Å². The van der Waals surface area contributed by atoms with Crippen molar-refractivity contribution in [3.8, 4) is 5.75 Å². The molecule has 2 aromatic heterocycles. The summed E-state index contributed by atoms with van der Waals surface area (Å²) < 4.78 is 3.03. The van der Waals surface area contributed by atoms with Crippen LogP contribution in [0, 0.1) is 5.92 Å². The van der Waals surface area contributed by atoms with E-state index in [4.69, 9.17) is 0 Å². The van der Waals surface area contributed by atoms with E-state index >= 15 is 0 Å². The smallest absolute Gasteiger partial charge is 0.329 e. The second kappa shape index (κ2) is 7.71. The Kier molecular flexibility index (Phi) is 5.34. The summed E-state index contributed by atoms with van der Waals surface area (Å²) in [6.45, 7) is 6.48. The van der Waals surface area contributed by atoms with E-state index in [9.17, 15) is 14.7 Å². The second-order valence-electron chi connectivity index (χ2n) is 7.09. The number of aryl methyl sites for hydroxylation is 2. The standard InChI is InChI=1S/C19H24N6O3/c1-11(2)9-10-25-15-16(24(4)19(28)21-17(15)27)20-18(25)23-22-12(3)13-7-5-6-8-14(13)26/h5-8,11,26H,9-10H2,1-4H3,(H,20,23)(H,21,27,28). The highest BCUT2D eigenvalue weighted by atomic mass is 16.3. The second-order valence-corrected chi connectivity index (χ2v) is 7.09. The quantitative estimate of drug-likeness (QED) is 0.444. The molecule has 28 heavy (non-hydrogen) atoms. The van der Waals surface area contributed by atoms with Crippen molar-refractivity contribution in [2.24, 2.45) is 18.1 Å². The van der Waals surface area contributed by atoms with E-state index in [-0.39, 0.29) is 11.4 Å². The van der Waals surface area contributed by atoms with Crippen molar-refractivity contribution >= 4 is 22.8 Å². The maximum absolute atomic E-state index is 12.4. The van der Waals surface area contributed by atoms with Crippen molar-refractivity contribution in [3.63, 3.8) is 0 Å². The molecule has 2 heterocycles. The number of aromatic hydroxyl groups is 1. The summed E-state index contributed by atoms with van der Waals surface area (Å²) in [4.78, 5) is 31.1. The summed E-state index contributed by atoms with van der Waals surface area (Å²) in [7, 11) is 1.56. The number of fused-ring (bicyclic) bond motifs is 1. The lowest BCUT2D eigenvalue weighted by Gasteiger charge is -2.10. The Hall–Kier alpha value is -3.36. The summed E-state index contributed by atoms with van der Waals surface area (Å²) in [5.41, 5.74) is 3.64. The molecule has 1 aromatic carbocycles. The lowest BCUT2D eigenvalue weighted by atomic mass is 10.1. The van der Waals surface area contributed by atoms with Crippen LogP contribution in [0.15, 0.2) is 39.0 Å². The van der Waals surface area contributed by atoms with Gasteiger partial charge in [0.05, 0.1) is 5.71 Å². The van der Waals surface area contributed by atoms with Crippen molar-refractivity contribution in [1.82, 2.24) is 19.1 Å². The summed E-state index contributed by atoms with van der Waals surface area (Å²) in [6.07, 6.45) is 0.824. The Morgan fingerprint density at radius 2 is 2.04 bits per heavy atom. The summed E-state index contributed by atoms with van der Waals surface area (Å²) in [5.74, 6) is 0.901. The molecule has 3 N–H and O–H groups in total. The largest absolute Gasteiger partial charge is 0.507 e. The molecule has 0 unspecified atom stereocenters. The number of aromatic nitrogens is 4. The molecule has 148 valence electrons. The molecule has 0 aliphatic heterocycles. The molecule has 0 aliphatic rings. The Labute approximate surface area is 161 Å². The van der Waals surface area contributed by atoms with Gasteiger partial charge in [-0.15, -0.1) is 0 Å². The molecule has 0 bridgehead atoms. The maximum atomic E-state index is 12.4. The Morgan fingerprint density at radius 1 is 1.32 bits per heavy atom. The number of aromatic amines is 1. The summed E-state index contributed by atoms with van der Waals surface area (Å²) in [5, 5.41) is 14.3. The third-order valence-corrected chi connectivity index (χ3v) is 4.55. The van der Waals surface area contributed by atoms with Gasteiger partial charge in [0.15, 0.2) is 11.2 Å². The molecule has 0 radical (unpaired) electrons. The van der Waals surface area contributed by atoms with Gasteiger partial charge in [0.2, 0.25) is 5.95 Å². The molecule has 9 nitrogen and oxygen atoms in total. The average Bonchev–Trinajstić information content (AvgIpc) is 3.02. The van der Waals surface area contributed by atoms with Crippen LogP contribution in [0.5, 0.6) is 5.75 Å². The lowest BCUT2D eigenvalue weighted by molar-refractivity contribution is 0.474. The predicted octanol–water partition coefficient (Wildman–Crippen LogP) is 2.01. The van der Waals surface area contributed by atoms with Crippen molar-refractivity contribution in [2.45, 2.75) is 33.7 Å². The molecule has 0 saturated heterocycles. The van der Waals surface area contributed by atoms with Crippen LogP contribution in [0.25, 0.3) is 11.2 Å². The molecular formula is C19H24N6O3. The Bertz CT molecular complexity index is 1150. The number of benzene rings is 1. The van der Waals surface area contributed by atoms with E-state index in [1.54, 1.807) is 42.8 Å². The zero-order chi connectivity index (χ0) is 20.4. The fraction of sp³-hybridized carbons (Fsp3) is 0.368. The van der Waals surface area contributed by atoms with Crippen molar-refractivity contribution in [2.75, 3.05) is 5.43 Å². The predicted molar refractivity (Wildman–Crippen MR) is 109 cm³/mol. The molecule has 9 heteroatoms.